The molecule has 3 aromatic rings. The first-order valence-electron chi connectivity index (χ1n) is 6.80. The van der Waals surface area contributed by atoms with Crippen LogP contribution in [0.15, 0.2) is 60.8 Å². The largest absolute Gasteiger partial charge is 0.450 e. The van der Waals surface area contributed by atoms with Crippen LogP contribution in [-0.4, -0.2) is 15.9 Å². The number of hydrogen-bond donors (Lipinski definition) is 1. The van der Waals surface area contributed by atoms with Crippen LogP contribution in [0.25, 0.3) is 11.4 Å². The molecule has 5 nitrogen and oxygen atoms in total. The van der Waals surface area contributed by atoms with Crippen molar-refractivity contribution in [3.8, 4) is 22.9 Å². The van der Waals surface area contributed by atoms with Gasteiger partial charge >= 0.3 is 0 Å². The second kappa shape index (κ2) is 6.23. The Kier molecular flexibility index (Phi) is 3.97. The number of aromatic nitrogens is 2. The van der Waals surface area contributed by atoms with Gasteiger partial charge in [0.15, 0.2) is 28.8 Å². The van der Waals surface area contributed by atoms with Crippen LogP contribution in [0, 0.1) is 5.82 Å². The summed E-state index contributed by atoms with van der Waals surface area (Å²) in [5, 5.41) is 0. The molecule has 23 heavy (non-hydrogen) atoms. The molecule has 0 atom stereocenters. The van der Waals surface area contributed by atoms with E-state index in [0.717, 1.165) is 5.56 Å². The second-order valence-electron chi connectivity index (χ2n) is 4.67. The zero-order chi connectivity index (χ0) is 16.2. The normalized spacial score (nSPS) is 10.3. The van der Waals surface area contributed by atoms with Gasteiger partial charge in [-0.2, -0.15) is 0 Å². The van der Waals surface area contributed by atoms with Gasteiger partial charge in [0.25, 0.3) is 5.91 Å². The van der Waals surface area contributed by atoms with Crippen LogP contribution in [-0.2, 0) is 0 Å². The predicted octanol–water partition coefficient (Wildman–Crippen LogP) is 3.17. The Balaban J connectivity index is 2.01. The van der Waals surface area contributed by atoms with Crippen molar-refractivity contribution in [3.63, 3.8) is 0 Å². The molecule has 1 aromatic heterocycles. The Morgan fingerprint density at radius 3 is 2.39 bits per heavy atom. The van der Waals surface area contributed by atoms with Crippen molar-refractivity contribution >= 4 is 5.91 Å². The molecule has 114 valence electrons. The fraction of sp³-hybridized carbons (Fsp3) is 0. The van der Waals surface area contributed by atoms with Gasteiger partial charge < -0.3 is 10.5 Å². The summed E-state index contributed by atoms with van der Waals surface area (Å²) in [7, 11) is 0. The summed E-state index contributed by atoms with van der Waals surface area (Å²) < 4.78 is 19.1. The lowest BCUT2D eigenvalue weighted by Crippen LogP contribution is -2.15. The number of amides is 1. The van der Waals surface area contributed by atoms with E-state index in [0.29, 0.717) is 5.82 Å². The zero-order valence-corrected chi connectivity index (χ0v) is 11.9. The first-order valence-corrected chi connectivity index (χ1v) is 6.80. The van der Waals surface area contributed by atoms with E-state index in [1.807, 2.05) is 18.2 Å². The molecule has 1 amide bonds. The van der Waals surface area contributed by atoms with E-state index in [4.69, 9.17) is 10.5 Å². The van der Waals surface area contributed by atoms with Crippen LogP contribution in [0.2, 0.25) is 0 Å². The third-order valence-corrected chi connectivity index (χ3v) is 3.08. The summed E-state index contributed by atoms with van der Waals surface area (Å²) in [5.41, 5.74) is 5.97. The van der Waals surface area contributed by atoms with Crippen LogP contribution < -0.4 is 10.5 Å². The van der Waals surface area contributed by atoms with Crippen molar-refractivity contribution in [2.24, 2.45) is 5.73 Å². The molecular weight excluding hydrogens is 297 g/mol. The molecule has 0 bridgehead atoms. The third kappa shape index (κ3) is 3.16. The van der Waals surface area contributed by atoms with E-state index in [1.54, 1.807) is 18.2 Å². The van der Waals surface area contributed by atoms with Crippen molar-refractivity contribution in [3.05, 3.63) is 72.3 Å². The molecule has 6 heteroatoms. The van der Waals surface area contributed by atoms with E-state index in [1.165, 1.54) is 24.4 Å². The van der Waals surface area contributed by atoms with E-state index in [-0.39, 0.29) is 17.2 Å². The maximum absolute atomic E-state index is 13.7. The summed E-state index contributed by atoms with van der Waals surface area (Å²) in [6.45, 7) is 0. The van der Waals surface area contributed by atoms with Gasteiger partial charge in [0.1, 0.15) is 0 Å². The van der Waals surface area contributed by atoms with Gasteiger partial charge in [-0.15, -0.1) is 0 Å². The van der Waals surface area contributed by atoms with Crippen molar-refractivity contribution in [2.45, 2.75) is 0 Å². The monoisotopic (exact) mass is 309 g/mol. The van der Waals surface area contributed by atoms with Gasteiger partial charge in [0, 0.05) is 5.56 Å². The van der Waals surface area contributed by atoms with Gasteiger partial charge in [-0.05, 0) is 12.1 Å². The summed E-state index contributed by atoms with van der Waals surface area (Å²) in [5.74, 6) is -1.04. The fourth-order valence-corrected chi connectivity index (χ4v) is 1.99. The number of para-hydroxylation sites is 1. The zero-order valence-electron chi connectivity index (χ0n) is 11.9. The number of carbonyl (C=O) groups is 1. The minimum atomic E-state index is -0.782. The van der Waals surface area contributed by atoms with Crippen molar-refractivity contribution in [1.82, 2.24) is 9.97 Å². The Morgan fingerprint density at radius 2 is 1.70 bits per heavy atom. The SMILES string of the molecule is NC(=O)c1nc(-c2ccccc2)ncc1Oc1ccccc1F. The van der Waals surface area contributed by atoms with E-state index >= 15 is 0 Å². The highest BCUT2D eigenvalue weighted by atomic mass is 19.1. The van der Waals surface area contributed by atoms with Gasteiger partial charge in [-0.25, -0.2) is 14.4 Å². The fourth-order valence-electron chi connectivity index (χ4n) is 1.99. The van der Waals surface area contributed by atoms with Gasteiger partial charge in [-0.1, -0.05) is 42.5 Å². The minimum absolute atomic E-state index is 0.00211. The van der Waals surface area contributed by atoms with Crippen molar-refractivity contribution in [2.75, 3.05) is 0 Å². The number of nitrogens with two attached hydrogens (primary N) is 1. The number of halogens is 1. The van der Waals surface area contributed by atoms with Crippen LogP contribution in [0.5, 0.6) is 11.5 Å². The molecule has 2 aromatic carbocycles. The number of benzene rings is 2. The first kappa shape index (κ1) is 14.6. The lowest BCUT2D eigenvalue weighted by atomic mass is 10.2. The summed E-state index contributed by atoms with van der Waals surface area (Å²) in [6, 6.07) is 14.9. The van der Waals surface area contributed by atoms with E-state index in [9.17, 15) is 9.18 Å². The molecule has 0 radical (unpaired) electrons. The molecule has 0 aliphatic heterocycles. The summed E-state index contributed by atoms with van der Waals surface area (Å²) >= 11 is 0. The molecule has 0 aliphatic carbocycles. The van der Waals surface area contributed by atoms with Crippen LogP contribution in [0.1, 0.15) is 10.5 Å². The standard InChI is InChI=1S/C17H12FN3O2/c18-12-8-4-5-9-13(12)23-14-10-20-17(21-15(14)16(19)22)11-6-2-1-3-7-11/h1-10H,(H2,19,22). The molecule has 0 saturated heterocycles. The highest BCUT2D eigenvalue weighted by molar-refractivity contribution is 5.94. The van der Waals surface area contributed by atoms with Crippen molar-refractivity contribution in [1.29, 1.82) is 0 Å². The van der Waals surface area contributed by atoms with Crippen LogP contribution in [0.4, 0.5) is 4.39 Å². The van der Waals surface area contributed by atoms with E-state index in [2.05, 4.69) is 9.97 Å². The maximum atomic E-state index is 13.7. The maximum Gasteiger partial charge on any atom is 0.271 e. The second-order valence-corrected chi connectivity index (χ2v) is 4.67. The predicted molar refractivity (Wildman–Crippen MR) is 82.5 cm³/mol. The molecule has 0 aliphatic rings. The number of primary amides is 1. The van der Waals surface area contributed by atoms with Crippen LogP contribution >= 0.6 is 0 Å². The molecule has 0 saturated carbocycles. The third-order valence-electron chi connectivity index (χ3n) is 3.08. The average molecular weight is 309 g/mol. The number of hydrogen-bond acceptors (Lipinski definition) is 4. The number of carbonyl (C=O) groups excluding carboxylic acids is 1. The summed E-state index contributed by atoms with van der Waals surface area (Å²) in [4.78, 5) is 19.9. The first-order chi connectivity index (χ1) is 11.1. The lowest BCUT2D eigenvalue weighted by molar-refractivity contribution is 0.0993. The molecule has 0 unspecified atom stereocenters. The minimum Gasteiger partial charge on any atom is -0.450 e. The Bertz CT molecular complexity index is 853. The lowest BCUT2D eigenvalue weighted by Gasteiger charge is -2.10. The van der Waals surface area contributed by atoms with E-state index < -0.39 is 11.7 Å². The molecule has 0 fully saturated rings. The van der Waals surface area contributed by atoms with Gasteiger partial charge in [0.2, 0.25) is 0 Å². The number of nitrogens with zero attached hydrogens (tertiary/aromatic N) is 2. The molecule has 2 N–H and O–H groups in total. The Morgan fingerprint density at radius 1 is 1.00 bits per heavy atom. The molecular formula is C17H12FN3O2. The Hall–Kier alpha value is -3.28. The smallest absolute Gasteiger partial charge is 0.271 e. The topological polar surface area (TPSA) is 78.1 Å². The van der Waals surface area contributed by atoms with Gasteiger partial charge in [0.05, 0.1) is 6.20 Å². The van der Waals surface area contributed by atoms with Gasteiger partial charge in [-0.3, -0.25) is 4.79 Å². The molecule has 0 spiro atoms. The Labute approximate surface area is 131 Å². The quantitative estimate of drug-likeness (QED) is 0.803. The number of ether oxygens (including phenoxy) is 1. The molecule has 3 rings (SSSR count). The number of rotatable bonds is 4. The summed E-state index contributed by atoms with van der Waals surface area (Å²) in [6.07, 6.45) is 1.31. The molecule has 1 heterocycles. The van der Waals surface area contributed by atoms with Crippen molar-refractivity contribution < 1.29 is 13.9 Å². The average Bonchev–Trinajstić information content (AvgIpc) is 2.58. The highest BCUT2D eigenvalue weighted by Gasteiger charge is 2.16. The van der Waals surface area contributed by atoms with Crippen LogP contribution in [0.3, 0.4) is 0 Å². The highest BCUT2D eigenvalue weighted by Crippen LogP contribution is 2.27.